The van der Waals surface area contributed by atoms with Crippen LogP contribution < -0.4 is 9.64 Å². The molecule has 0 spiro atoms. The van der Waals surface area contributed by atoms with E-state index in [1.54, 1.807) is 6.20 Å². The largest absolute Gasteiger partial charge is 0.475 e. The number of benzene rings is 1. The first-order chi connectivity index (χ1) is 14.7. The Morgan fingerprint density at radius 3 is 1.90 bits per heavy atom. The number of hydrogen-bond donors (Lipinski definition) is 0. The minimum absolute atomic E-state index is 0.453. The maximum absolute atomic E-state index is 5.60. The van der Waals surface area contributed by atoms with Crippen LogP contribution in [0.5, 0.6) is 5.88 Å². The van der Waals surface area contributed by atoms with E-state index in [0.29, 0.717) is 52.1 Å². The predicted molar refractivity (Wildman–Crippen MR) is 126 cm³/mol. The summed E-state index contributed by atoms with van der Waals surface area (Å²) in [4.78, 5) is 6.42. The molecule has 0 N–H and O–H groups in total. The van der Waals surface area contributed by atoms with Crippen molar-refractivity contribution in [1.29, 1.82) is 0 Å². The molecule has 7 heteroatoms. The fourth-order valence-electron chi connectivity index (χ4n) is 2.45. The molecular weight excluding hydrogens is 448 g/mol. The molecule has 0 aliphatic carbocycles. The number of ether oxygens (including phenoxy) is 4. The first-order valence-corrected chi connectivity index (χ1v) is 11.1. The number of rotatable bonds is 15. The van der Waals surface area contributed by atoms with Crippen molar-refractivity contribution in [2.75, 3.05) is 70.6 Å². The highest BCUT2D eigenvalue weighted by Crippen LogP contribution is 2.15. The smallest absolute Gasteiger partial charge is 0.213 e. The minimum Gasteiger partial charge on any atom is -0.475 e. The van der Waals surface area contributed by atoms with Gasteiger partial charge in [0.15, 0.2) is 0 Å². The number of anilines is 1. The molecule has 0 unspecified atom stereocenters. The molecule has 0 atom stereocenters. The summed E-state index contributed by atoms with van der Waals surface area (Å²) in [5.41, 5.74) is 3.35. The Bertz CT molecular complexity index is 721. The van der Waals surface area contributed by atoms with Crippen LogP contribution in [0, 0.1) is 0 Å². The molecule has 1 heterocycles. The van der Waals surface area contributed by atoms with Crippen LogP contribution in [0.25, 0.3) is 12.2 Å². The van der Waals surface area contributed by atoms with Gasteiger partial charge in [0.25, 0.3) is 0 Å². The van der Waals surface area contributed by atoms with Crippen molar-refractivity contribution in [2.24, 2.45) is 0 Å². The Kier molecular flexibility index (Phi) is 12.1. The lowest BCUT2D eigenvalue weighted by Gasteiger charge is -2.11. The van der Waals surface area contributed by atoms with Gasteiger partial charge in [-0.1, -0.05) is 40.2 Å². The second kappa shape index (κ2) is 15.0. The summed E-state index contributed by atoms with van der Waals surface area (Å²) in [6.07, 6.45) is 5.91. The molecule has 164 valence electrons. The summed E-state index contributed by atoms with van der Waals surface area (Å²) < 4.78 is 21.8. The zero-order valence-corrected chi connectivity index (χ0v) is 19.3. The van der Waals surface area contributed by atoms with Gasteiger partial charge in [0.05, 0.1) is 39.6 Å². The summed E-state index contributed by atoms with van der Waals surface area (Å²) in [6.45, 7) is 3.93. The van der Waals surface area contributed by atoms with E-state index in [4.69, 9.17) is 18.9 Å². The van der Waals surface area contributed by atoms with Crippen molar-refractivity contribution in [3.63, 3.8) is 0 Å². The Balaban J connectivity index is 1.58. The molecular formula is C23H31BrN2O4. The minimum atomic E-state index is 0.453. The van der Waals surface area contributed by atoms with Gasteiger partial charge in [-0.25, -0.2) is 4.98 Å². The number of alkyl halides is 1. The van der Waals surface area contributed by atoms with Crippen LogP contribution in [0.3, 0.4) is 0 Å². The van der Waals surface area contributed by atoms with E-state index in [-0.39, 0.29) is 0 Å². The first kappa shape index (κ1) is 24.3. The van der Waals surface area contributed by atoms with Gasteiger partial charge >= 0.3 is 0 Å². The highest BCUT2D eigenvalue weighted by Gasteiger charge is 1.97. The molecule has 1 aromatic heterocycles. The summed E-state index contributed by atoms with van der Waals surface area (Å²) in [7, 11) is 4.07. The van der Waals surface area contributed by atoms with Gasteiger partial charge in [0.1, 0.15) is 6.61 Å². The lowest BCUT2D eigenvalue weighted by molar-refractivity contribution is 0.0116. The summed E-state index contributed by atoms with van der Waals surface area (Å²) in [5.74, 6) is 0.589. The van der Waals surface area contributed by atoms with Crippen molar-refractivity contribution in [3.05, 3.63) is 53.7 Å². The number of halogens is 1. The zero-order valence-electron chi connectivity index (χ0n) is 17.8. The Morgan fingerprint density at radius 2 is 1.33 bits per heavy atom. The summed E-state index contributed by atoms with van der Waals surface area (Å²) in [6, 6.07) is 12.2. The van der Waals surface area contributed by atoms with Gasteiger partial charge in [0, 0.05) is 37.4 Å². The van der Waals surface area contributed by atoms with Crippen molar-refractivity contribution in [1.82, 2.24) is 4.98 Å². The topological polar surface area (TPSA) is 53.1 Å². The third kappa shape index (κ3) is 10.2. The molecule has 0 amide bonds. The van der Waals surface area contributed by atoms with Crippen LogP contribution in [0.2, 0.25) is 0 Å². The average molecular weight is 479 g/mol. The average Bonchev–Trinajstić information content (AvgIpc) is 2.77. The number of nitrogens with zero attached hydrogens (tertiary/aromatic N) is 2. The molecule has 0 aliphatic heterocycles. The Labute approximate surface area is 187 Å². The van der Waals surface area contributed by atoms with E-state index in [0.717, 1.165) is 16.5 Å². The molecule has 1 aromatic carbocycles. The Morgan fingerprint density at radius 1 is 0.767 bits per heavy atom. The quantitative estimate of drug-likeness (QED) is 0.283. The van der Waals surface area contributed by atoms with Crippen LogP contribution in [-0.4, -0.2) is 70.7 Å². The normalized spacial score (nSPS) is 11.2. The van der Waals surface area contributed by atoms with Gasteiger partial charge in [0.2, 0.25) is 5.88 Å². The molecule has 6 nitrogen and oxygen atoms in total. The molecule has 0 saturated carbocycles. The van der Waals surface area contributed by atoms with Crippen molar-refractivity contribution in [3.8, 4) is 5.88 Å². The van der Waals surface area contributed by atoms with Gasteiger partial charge in [-0.3, -0.25) is 0 Å². The maximum Gasteiger partial charge on any atom is 0.213 e. The second-order valence-corrected chi connectivity index (χ2v) is 7.42. The van der Waals surface area contributed by atoms with Crippen LogP contribution >= 0.6 is 15.9 Å². The third-order valence-corrected chi connectivity index (χ3v) is 4.40. The summed E-state index contributed by atoms with van der Waals surface area (Å²) in [5, 5.41) is 0.843. The van der Waals surface area contributed by atoms with Gasteiger partial charge in [-0.2, -0.15) is 0 Å². The van der Waals surface area contributed by atoms with Gasteiger partial charge in [-0.15, -0.1) is 0 Å². The number of pyridine rings is 1. The van der Waals surface area contributed by atoms with Crippen LogP contribution in [0.15, 0.2) is 42.6 Å². The van der Waals surface area contributed by atoms with Gasteiger partial charge < -0.3 is 23.8 Å². The van der Waals surface area contributed by atoms with E-state index in [9.17, 15) is 0 Å². The highest BCUT2D eigenvalue weighted by atomic mass is 79.9. The zero-order chi connectivity index (χ0) is 21.4. The first-order valence-electron chi connectivity index (χ1n) is 10.0. The number of hydrogen-bond acceptors (Lipinski definition) is 6. The van der Waals surface area contributed by atoms with E-state index < -0.39 is 0 Å². The van der Waals surface area contributed by atoms with E-state index in [1.165, 1.54) is 5.69 Å². The molecule has 30 heavy (non-hydrogen) atoms. The fourth-order valence-corrected chi connectivity index (χ4v) is 2.68. The van der Waals surface area contributed by atoms with Crippen molar-refractivity contribution >= 4 is 33.8 Å². The van der Waals surface area contributed by atoms with Crippen molar-refractivity contribution in [2.45, 2.75) is 0 Å². The molecule has 0 saturated heterocycles. The van der Waals surface area contributed by atoms with Crippen LogP contribution in [-0.2, 0) is 14.2 Å². The monoisotopic (exact) mass is 478 g/mol. The molecule has 2 rings (SSSR count). The van der Waals surface area contributed by atoms with E-state index in [2.05, 4.69) is 56.2 Å². The molecule has 0 aliphatic rings. The van der Waals surface area contributed by atoms with Crippen LogP contribution in [0.4, 0.5) is 5.69 Å². The molecule has 2 aromatic rings. The highest BCUT2D eigenvalue weighted by molar-refractivity contribution is 9.09. The SMILES string of the molecule is CN(C)c1ccc(/C=C/c2ccc(OCCOCCOCCOCCBr)nc2)cc1. The maximum atomic E-state index is 5.60. The fraction of sp³-hybridized carbons (Fsp3) is 0.435. The van der Waals surface area contributed by atoms with E-state index >= 15 is 0 Å². The lowest BCUT2D eigenvalue weighted by atomic mass is 10.1. The lowest BCUT2D eigenvalue weighted by Crippen LogP contribution is -2.13. The standard InChI is InChI=1S/C23H31BrN2O4/c1-26(2)22-8-5-20(6-9-22)3-4-21-7-10-23(25-19-21)30-18-17-29-16-15-28-14-13-27-12-11-24/h3-10,19H,11-18H2,1-2H3/b4-3+. The Hall–Kier alpha value is -1.93. The predicted octanol–water partition coefficient (Wildman–Crippen LogP) is 4.14. The van der Waals surface area contributed by atoms with Crippen LogP contribution in [0.1, 0.15) is 11.1 Å². The molecule has 0 bridgehead atoms. The molecule has 0 radical (unpaired) electrons. The molecule has 0 fully saturated rings. The summed E-state index contributed by atoms with van der Waals surface area (Å²) >= 11 is 3.30. The third-order valence-electron chi connectivity index (χ3n) is 4.08. The van der Waals surface area contributed by atoms with Gasteiger partial charge in [-0.05, 0) is 29.3 Å². The number of aromatic nitrogens is 1. The van der Waals surface area contributed by atoms with E-state index in [1.807, 2.05) is 32.3 Å². The second-order valence-electron chi connectivity index (χ2n) is 6.62. The van der Waals surface area contributed by atoms with Crippen molar-refractivity contribution < 1.29 is 18.9 Å².